The van der Waals surface area contributed by atoms with E-state index in [9.17, 15) is 14.0 Å². The summed E-state index contributed by atoms with van der Waals surface area (Å²) >= 11 is 0. The van der Waals surface area contributed by atoms with Crippen molar-refractivity contribution in [1.82, 2.24) is 10.6 Å². The van der Waals surface area contributed by atoms with E-state index in [1.807, 2.05) is 27.7 Å². The van der Waals surface area contributed by atoms with E-state index in [2.05, 4.69) is 10.6 Å². The minimum Gasteiger partial charge on any atom is -0.375 e. The van der Waals surface area contributed by atoms with Crippen LogP contribution in [0.1, 0.15) is 91.9 Å². The molecule has 1 fully saturated rings. The quantitative estimate of drug-likeness (QED) is 0.276. The molecule has 6 nitrogen and oxygen atoms in total. The molecule has 0 saturated heterocycles. The van der Waals surface area contributed by atoms with Gasteiger partial charge in [0.05, 0.1) is 24.4 Å². The fourth-order valence-corrected chi connectivity index (χ4v) is 3.51. The molecule has 7 heteroatoms. The van der Waals surface area contributed by atoms with Crippen LogP contribution in [0.4, 0.5) is 9.18 Å². The monoisotopic (exact) mass is 416 g/mol. The largest absolute Gasteiger partial charge is 0.397 e. The lowest BCUT2D eigenvalue weighted by Crippen LogP contribution is -2.37. The highest BCUT2D eigenvalue weighted by Gasteiger charge is 2.24. The van der Waals surface area contributed by atoms with Crippen molar-refractivity contribution in [1.29, 1.82) is 0 Å². The lowest BCUT2D eigenvalue weighted by Gasteiger charge is -2.30. The standard InChI is InChI=1S/C22H41FN2O4/c1-21(2,28-16-14-22(3,4)29-17-15-24-20(23)27)13-12-19(26)25-18-10-8-6-5-7-9-11-18/h18H,5-17H2,1-4H3,(H,24,27)(H,25,26). The number of hydrogen-bond acceptors (Lipinski definition) is 4. The average molecular weight is 417 g/mol. The first kappa shape index (κ1) is 25.8. The second kappa shape index (κ2) is 13.2. The van der Waals surface area contributed by atoms with E-state index in [1.54, 1.807) is 0 Å². The lowest BCUT2D eigenvalue weighted by atomic mass is 9.96. The van der Waals surface area contributed by atoms with Gasteiger partial charge >= 0.3 is 6.16 Å². The smallest absolute Gasteiger partial charge is 0.375 e. The van der Waals surface area contributed by atoms with Crippen LogP contribution in [0.3, 0.4) is 0 Å². The zero-order chi connectivity index (χ0) is 21.8. The molecule has 0 bridgehead atoms. The van der Waals surface area contributed by atoms with Crippen molar-refractivity contribution >= 4 is 12.1 Å². The summed E-state index contributed by atoms with van der Waals surface area (Å²) in [4.78, 5) is 22.6. The molecule has 0 aromatic carbocycles. The normalized spacial score (nSPS) is 16.7. The summed E-state index contributed by atoms with van der Waals surface area (Å²) in [5.74, 6) is 0.117. The van der Waals surface area contributed by atoms with Crippen LogP contribution in [-0.4, -0.2) is 49.1 Å². The highest BCUT2D eigenvalue weighted by Crippen LogP contribution is 2.21. The third-order valence-corrected chi connectivity index (χ3v) is 5.48. The molecule has 0 aromatic heterocycles. The van der Waals surface area contributed by atoms with E-state index in [4.69, 9.17) is 9.47 Å². The molecular formula is C22H41FN2O4. The maximum absolute atomic E-state index is 12.3. The number of hydrogen-bond donors (Lipinski definition) is 2. The van der Waals surface area contributed by atoms with Gasteiger partial charge in [-0.25, -0.2) is 4.79 Å². The van der Waals surface area contributed by atoms with Crippen LogP contribution < -0.4 is 10.6 Å². The van der Waals surface area contributed by atoms with Crippen molar-refractivity contribution in [2.75, 3.05) is 19.8 Å². The molecule has 2 N–H and O–H groups in total. The fraction of sp³-hybridized carbons (Fsp3) is 0.909. The van der Waals surface area contributed by atoms with Crippen LogP contribution in [0.25, 0.3) is 0 Å². The first-order chi connectivity index (χ1) is 13.6. The summed E-state index contributed by atoms with van der Waals surface area (Å²) < 4.78 is 23.8. The maximum atomic E-state index is 12.3. The number of ether oxygens (including phenoxy) is 2. The van der Waals surface area contributed by atoms with Gasteiger partial charge in [-0.2, -0.15) is 0 Å². The molecule has 0 spiro atoms. The summed E-state index contributed by atoms with van der Waals surface area (Å²) in [6.07, 6.45) is 8.71. The Morgan fingerprint density at radius 3 is 2.07 bits per heavy atom. The lowest BCUT2D eigenvalue weighted by molar-refractivity contribution is -0.124. The van der Waals surface area contributed by atoms with Gasteiger partial charge < -0.3 is 20.1 Å². The van der Waals surface area contributed by atoms with Crippen molar-refractivity contribution in [3.63, 3.8) is 0 Å². The molecule has 2 amide bonds. The third-order valence-electron chi connectivity index (χ3n) is 5.48. The fourth-order valence-electron chi connectivity index (χ4n) is 3.51. The van der Waals surface area contributed by atoms with Gasteiger partial charge in [0.15, 0.2) is 0 Å². The van der Waals surface area contributed by atoms with Crippen LogP contribution >= 0.6 is 0 Å². The Hall–Kier alpha value is -1.21. The number of nitrogens with one attached hydrogen (secondary N) is 2. The van der Waals surface area contributed by atoms with Gasteiger partial charge in [-0.1, -0.05) is 32.1 Å². The molecule has 29 heavy (non-hydrogen) atoms. The number of carbonyl (C=O) groups is 2. The number of rotatable bonds is 12. The van der Waals surface area contributed by atoms with Crippen LogP contribution in [-0.2, 0) is 14.3 Å². The highest BCUT2D eigenvalue weighted by atomic mass is 19.1. The molecule has 0 aliphatic heterocycles. The predicted molar refractivity (Wildman–Crippen MR) is 113 cm³/mol. The van der Waals surface area contributed by atoms with Gasteiger partial charge in [0, 0.05) is 19.0 Å². The minimum atomic E-state index is -1.55. The molecule has 170 valence electrons. The Balaban J connectivity index is 2.22. The van der Waals surface area contributed by atoms with E-state index in [0.717, 1.165) is 12.8 Å². The molecule has 1 rings (SSSR count). The van der Waals surface area contributed by atoms with Crippen molar-refractivity contribution in [2.45, 2.75) is 109 Å². The summed E-state index contributed by atoms with van der Waals surface area (Å²) in [6.45, 7) is 8.75. The Morgan fingerprint density at radius 2 is 1.45 bits per heavy atom. The van der Waals surface area contributed by atoms with Gasteiger partial charge in [0.25, 0.3) is 0 Å². The van der Waals surface area contributed by atoms with Crippen LogP contribution in [0.2, 0.25) is 0 Å². The Morgan fingerprint density at radius 1 is 0.897 bits per heavy atom. The Labute approximate surface area is 175 Å². The number of amides is 2. The van der Waals surface area contributed by atoms with E-state index in [0.29, 0.717) is 31.9 Å². The Kier molecular flexibility index (Phi) is 11.7. The predicted octanol–water partition coefficient (Wildman–Crippen LogP) is 4.66. The molecule has 1 aliphatic carbocycles. The summed E-state index contributed by atoms with van der Waals surface area (Å²) in [5, 5.41) is 5.27. The van der Waals surface area contributed by atoms with Crippen molar-refractivity contribution in [3.05, 3.63) is 0 Å². The second-order valence-electron chi connectivity index (χ2n) is 9.28. The summed E-state index contributed by atoms with van der Waals surface area (Å²) in [6, 6.07) is 0.326. The van der Waals surface area contributed by atoms with Crippen molar-refractivity contribution in [2.24, 2.45) is 0 Å². The molecule has 0 unspecified atom stereocenters. The average Bonchev–Trinajstić information content (AvgIpc) is 2.59. The third kappa shape index (κ3) is 13.6. The first-order valence-corrected chi connectivity index (χ1v) is 11.1. The maximum Gasteiger partial charge on any atom is 0.397 e. The zero-order valence-corrected chi connectivity index (χ0v) is 18.8. The van der Waals surface area contributed by atoms with Crippen molar-refractivity contribution in [3.8, 4) is 0 Å². The molecule has 0 radical (unpaired) electrons. The molecule has 0 aromatic rings. The van der Waals surface area contributed by atoms with E-state index < -0.39 is 17.4 Å². The van der Waals surface area contributed by atoms with Crippen molar-refractivity contribution < 1.29 is 23.5 Å². The molecule has 0 heterocycles. The Bertz CT molecular complexity index is 489. The topological polar surface area (TPSA) is 76.7 Å². The SMILES string of the molecule is CC(C)(CCOC(C)(C)CCC(=O)NC1CCCCCCC1)OCCNC(=O)F. The van der Waals surface area contributed by atoms with E-state index in [-0.39, 0.29) is 19.1 Å². The van der Waals surface area contributed by atoms with Crippen LogP contribution in [0.5, 0.6) is 0 Å². The number of halogens is 1. The van der Waals surface area contributed by atoms with Gasteiger partial charge in [-0.15, -0.1) is 4.39 Å². The zero-order valence-electron chi connectivity index (χ0n) is 18.8. The highest BCUT2D eigenvalue weighted by molar-refractivity contribution is 5.76. The van der Waals surface area contributed by atoms with Crippen LogP contribution in [0, 0.1) is 0 Å². The summed E-state index contributed by atoms with van der Waals surface area (Å²) in [5.41, 5.74) is -0.830. The van der Waals surface area contributed by atoms with Crippen LogP contribution in [0.15, 0.2) is 0 Å². The van der Waals surface area contributed by atoms with E-state index in [1.165, 1.54) is 32.1 Å². The molecule has 1 saturated carbocycles. The van der Waals surface area contributed by atoms with E-state index >= 15 is 0 Å². The van der Waals surface area contributed by atoms with Gasteiger partial charge in [-0.05, 0) is 53.4 Å². The van der Waals surface area contributed by atoms with Gasteiger partial charge in [-0.3, -0.25) is 4.79 Å². The first-order valence-electron chi connectivity index (χ1n) is 11.1. The molecule has 1 aliphatic rings. The second-order valence-corrected chi connectivity index (χ2v) is 9.28. The van der Waals surface area contributed by atoms with Gasteiger partial charge in [0.1, 0.15) is 0 Å². The minimum absolute atomic E-state index is 0.117. The molecule has 0 atom stereocenters. The summed E-state index contributed by atoms with van der Waals surface area (Å²) in [7, 11) is 0. The molecular weight excluding hydrogens is 375 g/mol. The number of carbonyl (C=O) groups excluding carboxylic acids is 2. The van der Waals surface area contributed by atoms with Gasteiger partial charge in [0.2, 0.25) is 5.91 Å².